The Bertz CT molecular complexity index is 516. The molecule has 0 bridgehead atoms. The second-order valence-corrected chi connectivity index (χ2v) is 5.75. The number of hydrogen-bond donors (Lipinski definition) is 2. The van der Waals surface area contributed by atoms with Crippen LogP contribution in [0.2, 0.25) is 5.02 Å². The van der Waals surface area contributed by atoms with Gasteiger partial charge >= 0.3 is 0 Å². The van der Waals surface area contributed by atoms with Crippen molar-refractivity contribution >= 4 is 23.4 Å². The Morgan fingerprint density at radius 2 is 1.78 bits per heavy atom. The first-order valence-corrected chi connectivity index (χ1v) is 8.13. The van der Waals surface area contributed by atoms with Crippen molar-refractivity contribution in [1.29, 1.82) is 0 Å². The summed E-state index contributed by atoms with van der Waals surface area (Å²) in [7, 11) is 0. The first-order chi connectivity index (χ1) is 11.1. The monoisotopic (exact) mass is 339 g/mol. The summed E-state index contributed by atoms with van der Waals surface area (Å²) in [6.45, 7) is 5.08. The van der Waals surface area contributed by atoms with Gasteiger partial charge in [0.2, 0.25) is 5.91 Å². The van der Waals surface area contributed by atoms with Crippen molar-refractivity contribution < 1.29 is 14.3 Å². The van der Waals surface area contributed by atoms with Gasteiger partial charge < -0.3 is 15.4 Å². The Morgan fingerprint density at radius 1 is 1.09 bits per heavy atom. The van der Waals surface area contributed by atoms with E-state index < -0.39 is 0 Å². The van der Waals surface area contributed by atoms with Crippen molar-refractivity contribution in [3.05, 3.63) is 34.9 Å². The second kappa shape index (κ2) is 9.50. The minimum atomic E-state index is -0.206. The lowest BCUT2D eigenvalue weighted by Gasteiger charge is -2.26. The molecule has 0 radical (unpaired) electrons. The normalized spacial score (nSPS) is 15.2. The number of nitrogens with zero attached hydrogens (tertiary/aromatic N) is 1. The fourth-order valence-corrected chi connectivity index (χ4v) is 2.39. The number of rotatable bonds is 7. The summed E-state index contributed by atoms with van der Waals surface area (Å²) in [6.07, 6.45) is 0.266. The van der Waals surface area contributed by atoms with Crippen LogP contribution in [0.25, 0.3) is 0 Å². The Hall–Kier alpha value is -1.63. The zero-order valence-electron chi connectivity index (χ0n) is 13.0. The third-order valence-corrected chi connectivity index (χ3v) is 3.85. The number of ether oxygens (including phenoxy) is 1. The van der Waals surface area contributed by atoms with E-state index in [0.29, 0.717) is 23.7 Å². The van der Waals surface area contributed by atoms with Crippen LogP contribution in [0.15, 0.2) is 24.3 Å². The van der Waals surface area contributed by atoms with Gasteiger partial charge in [0.25, 0.3) is 5.91 Å². The number of carbonyl (C=O) groups is 2. The summed E-state index contributed by atoms with van der Waals surface area (Å²) in [5, 5.41) is 6.16. The van der Waals surface area contributed by atoms with Gasteiger partial charge in [-0.2, -0.15) is 0 Å². The summed E-state index contributed by atoms with van der Waals surface area (Å²) >= 11 is 5.77. The summed E-state index contributed by atoms with van der Waals surface area (Å²) in [5.74, 6) is -0.266. The van der Waals surface area contributed by atoms with Crippen molar-refractivity contribution in [2.45, 2.75) is 6.42 Å². The highest BCUT2D eigenvalue weighted by Crippen LogP contribution is 2.09. The van der Waals surface area contributed by atoms with Crippen molar-refractivity contribution in [3.63, 3.8) is 0 Å². The number of nitrogens with one attached hydrogen (secondary N) is 2. The van der Waals surface area contributed by atoms with Crippen LogP contribution >= 0.6 is 11.6 Å². The van der Waals surface area contributed by atoms with E-state index >= 15 is 0 Å². The van der Waals surface area contributed by atoms with Crippen LogP contribution in [0.3, 0.4) is 0 Å². The fraction of sp³-hybridized carbons (Fsp3) is 0.500. The minimum Gasteiger partial charge on any atom is -0.379 e. The minimum absolute atomic E-state index is 0.0605. The lowest BCUT2D eigenvalue weighted by atomic mass is 10.2. The number of amides is 2. The third kappa shape index (κ3) is 6.56. The molecule has 126 valence electrons. The maximum Gasteiger partial charge on any atom is 0.251 e. The van der Waals surface area contributed by atoms with Gasteiger partial charge in [0.15, 0.2) is 0 Å². The standard InChI is InChI=1S/C16H22ClN3O3/c17-14-3-1-13(2-4-14)16(22)19-6-5-15(21)18-7-8-20-9-11-23-12-10-20/h1-4H,5-12H2,(H,18,21)(H,19,22). The van der Waals surface area contributed by atoms with E-state index in [0.717, 1.165) is 32.8 Å². The Morgan fingerprint density at radius 3 is 2.48 bits per heavy atom. The van der Waals surface area contributed by atoms with Crippen LogP contribution < -0.4 is 10.6 Å². The maximum atomic E-state index is 11.9. The van der Waals surface area contributed by atoms with Crippen LogP contribution in [0.4, 0.5) is 0 Å². The van der Waals surface area contributed by atoms with Gasteiger partial charge in [-0.1, -0.05) is 11.6 Å². The average Bonchev–Trinajstić information content (AvgIpc) is 2.56. The average molecular weight is 340 g/mol. The molecule has 1 aromatic carbocycles. The molecule has 0 atom stereocenters. The summed E-state index contributed by atoms with van der Waals surface area (Å²) < 4.78 is 5.27. The zero-order valence-corrected chi connectivity index (χ0v) is 13.8. The molecule has 7 heteroatoms. The smallest absolute Gasteiger partial charge is 0.251 e. The highest BCUT2D eigenvalue weighted by atomic mass is 35.5. The Balaban J connectivity index is 1.57. The van der Waals surface area contributed by atoms with Gasteiger partial charge in [-0.3, -0.25) is 14.5 Å². The second-order valence-electron chi connectivity index (χ2n) is 5.32. The van der Waals surface area contributed by atoms with E-state index in [1.807, 2.05) is 0 Å². The molecule has 0 aromatic heterocycles. The van der Waals surface area contributed by atoms with Gasteiger partial charge in [-0.15, -0.1) is 0 Å². The van der Waals surface area contributed by atoms with E-state index in [9.17, 15) is 9.59 Å². The van der Waals surface area contributed by atoms with Crippen LogP contribution in [0.1, 0.15) is 16.8 Å². The highest BCUT2D eigenvalue weighted by Gasteiger charge is 2.10. The Kier molecular flexibility index (Phi) is 7.32. The summed E-state index contributed by atoms with van der Waals surface area (Å²) in [4.78, 5) is 25.8. The molecule has 23 heavy (non-hydrogen) atoms. The molecule has 0 aliphatic carbocycles. The molecule has 1 saturated heterocycles. The molecule has 1 heterocycles. The molecule has 2 amide bonds. The van der Waals surface area contributed by atoms with Crippen molar-refractivity contribution in [3.8, 4) is 0 Å². The molecule has 1 fully saturated rings. The molecule has 2 rings (SSSR count). The predicted molar refractivity (Wildman–Crippen MR) is 88.7 cm³/mol. The van der Waals surface area contributed by atoms with Crippen LogP contribution in [0, 0.1) is 0 Å². The predicted octanol–water partition coefficient (Wildman–Crippen LogP) is 0.908. The van der Waals surface area contributed by atoms with E-state index in [4.69, 9.17) is 16.3 Å². The molecule has 1 aromatic rings. The van der Waals surface area contributed by atoms with Gasteiger partial charge in [-0.05, 0) is 24.3 Å². The van der Waals surface area contributed by atoms with Gasteiger partial charge in [-0.25, -0.2) is 0 Å². The first kappa shape index (κ1) is 17.7. The molecule has 1 aliphatic rings. The third-order valence-electron chi connectivity index (χ3n) is 3.60. The number of benzene rings is 1. The molecule has 1 aliphatic heterocycles. The molecule has 0 unspecified atom stereocenters. The van der Waals surface area contributed by atoms with Crippen LogP contribution in [-0.4, -0.2) is 62.7 Å². The van der Waals surface area contributed by atoms with Gasteiger partial charge in [0.1, 0.15) is 0 Å². The van der Waals surface area contributed by atoms with Crippen LogP contribution in [-0.2, 0) is 9.53 Å². The van der Waals surface area contributed by atoms with Crippen molar-refractivity contribution in [2.75, 3.05) is 45.9 Å². The zero-order chi connectivity index (χ0) is 16.5. The number of carbonyl (C=O) groups excluding carboxylic acids is 2. The number of morpholine rings is 1. The first-order valence-electron chi connectivity index (χ1n) is 7.76. The lowest BCUT2D eigenvalue weighted by molar-refractivity contribution is -0.121. The summed E-state index contributed by atoms with van der Waals surface area (Å²) in [6, 6.07) is 6.63. The highest BCUT2D eigenvalue weighted by molar-refractivity contribution is 6.30. The number of halogens is 1. The Labute approximate surface area is 141 Å². The van der Waals surface area contributed by atoms with Crippen LogP contribution in [0.5, 0.6) is 0 Å². The lowest BCUT2D eigenvalue weighted by Crippen LogP contribution is -2.41. The molecule has 6 nitrogen and oxygen atoms in total. The molecule has 0 spiro atoms. The SMILES string of the molecule is O=C(CCNC(=O)c1ccc(Cl)cc1)NCCN1CCOCC1. The van der Waals surface area contributed by atoms with Gasteiger partial charge in [0.05, 0.1) is 13.2 Å². The molecule has 2 N–H and O–H groups in total. The molecule has 0 saturated carbocycles. The van der Waals surface area contributed by atoms with E-state index in [1.54, 1.807) is 24.3 Å². The largest absolute Gasteiger partial charge is 0.379 e. The molecular weight excluding hydrogens is 318 g/mol. The van der Waals surface area contributed by atoms with Gasteiger partial charge in [0, 0.05) is 49.7 Å². The van der Waals surface area contributed by atoms with E-state index in [-0.39, 0.29) is 18.2 Å². The van der Waals surface area contributed by atoms with E-state index in [1.165, 1.54) is 0 Å². The maximum absolute atomic E-state index is 11.9. The fourth-order valence-electron chi connectivity index (χ4n) is 2.26. The quantitative estimate of drug-likeness (QED) is 0.774. The molecular formula is C16H22ClN3O3. The van der Waals surface area contributed by atoms with E-state index in [2.05, 4.69) is 15.5 Å². The van der Waals surface area contributed by atoms with Crippen molar-refractivity contribution in [1.82, 2.24) is 15.5 Å². The van der Waals surface area contributed by atoms with Crippen molar-refractivity contribution in [2.24, 2.45) is 0 Å². The number of hydrogen-bond acceptors (Lipinski definition) is 4. The summed E-state index contributed by atoms with van der Waals surface area (Å²) in [5.41, 5.74) is 0.530. The topological polar surface area (TPSA) is 70.7 Å².